The summed E-state index contributed by atoms with van der Waals surface area (Å²) in [4.78, 5) is 13.8. The first-order valence-electron chi connectivity index (χ1n) is 7.58. The maximum absolute atomic E-state index is 11.4. The van der Waals surface area contributed by atoms with E-state index in [1.54, 1.807) is 0 Å². The van der Waals surface area contributed by atoms with Crippen LogP contribution in [0.2, 0.25) is 0 Å². The lowest BCUT2D eigenvalue weighted by atomic mass is 9.75. The molecule has 2 aliphatic rings. The van der Waals surface area contributed by atoms with Crippen LogP contribution in [0.5, 0.6) is 0 Å². The molecule has 0 saturated heterocycles. The van der Waals surface area contributed by atoms with E-state index in [0.717, 1.165) is 25.2 Å². The quantitative estimate of drug-likeness (QED) is 0.818. The van der Waals surface area contributed by atoms with Crippen LogP contribution in [0.4, 0.5) is 0 Å². The second-order valence-corrected chi connectivity index (χ2v) is 6.23. The van der Waals surface area contributed by atoms with Gasteiger partial charge in [-0.2, -0.15) is 0 Å². The maximum atomic E-state index is 11.4. The van der Waals surface area contributed by atoms with Gasteiger partial charge < -0.3 is 5.11 Å². The molecule has 0 radical (unpaired) electrons. The average Bonchev–Trinajstić information content (AvgIpc) is 2.26. The summed E-state index contributed by atoms with van der Waals surface area (Å²) in [6, 6.07) is 0.926. The minimum atomic E-state index is -0.582. The molecule has 0 bridgehead atoms. The van der Waals surface area contributed by atoms with Crippen LogP contribution in [0.3, 0.4) is 0 Å². The van der Waals surface area contributed by atoms with Gasteiger partial charge in [-0.25, -0.2) is 0 Å². The van der Waals surface area contributed by atoms with Gasteiger partial charge in [-0.3, -0.25) is 9.69 Å². The average molecular weight is 253 g/mol. The smallest absolute Gasteiger partial charge is 0.308 e. The molecule has 0 amide bonds. The van der Waals surface area contributed by atoms with E-state index >= 15 is 0 Å². The van der Waals surface area contributed by atoms with Crippen molar-refractivity contribution in [2.24, 2.45) is 11.8 Å². The fourth-order valence-electron chi connectivity index (χ4n) is 3.70. The monoisotopic (exact) mass is 253 g/mol. The van der Waals surface area contributed by atoms with E-state index in [0.29, 0.717) is 6.04 Å². The molecule has 2 fully saturated rings. The van der Waals surface area contributed by atoms with Gasteiger partial charge in [0.25, 0.3) is 0 Å². The Morgan fingerprint density at radius 2 is 2.00 bits per heavy atom. The van der Waals surface area contributed by atoms with E-state index in [-0.39, 0.29) is 12.0 Å². The van der Waals surface area contributed by atoms with Gasteiger partial charge in [0.2, 0.25) is 0 Å². The van der Waals surface area contributed by atoms with Gasteiger partial charge in [0, 0.05) is 12.1 Å². The van der Waals surface area contributed by atoms with Crippen LogP contribution in [0.15, 0.2) is 0 Å². The summed E-state index contributed by atoms with van der Waals surface area (Å²) in [6.45, 7) is 2.23. The summed E-state index contributed by atoms with van der Waals surface area (Å²) < 4.78 is 0. The topological polar surface area (TPSA) is 40.5 Å². The Labute approximate surface area is 111 Å². The summed E-state index contributed by atoms with van der Waals surface area (Å²) in [7, 11) is 2.15. The molecule has 2 rings (SSSR count). The van der Waals surface area contributed by atoms with Crippen molar-refractivity contribution >= 4 is 5.97 Å². The number of carboxylic acids is 1. The number of rotatable bonds is 5. The molecule has 3 nitrogen and oxygen atoms in total. The van der Waals surface area contributed by atoms with Crippen LogP contribution in [0.1, 0.15) is 58.3 Å². The predicted molar refractivity (Wildman–Crippen MR) is 72.6 cm³/mol. The third-order valence-corrected chi connectivity index (χ3v) is 5.11. The number of hydrogen-bond acceptors (Lipinski definition) is 2. The van der Waals surface area contributed by atoms with Crippen molar-refractivity contribution < 1.29 is 9.90 Å². The first kappa shape index (κ1) is 13.9. The highest BCUT2D eigenvalue weighted by atomic mass is 16.4. The molecule has 0 aromatic rings. The second-order valence-electron chi connectivity index (χ2n) is 6.23. The molecule has 0 aromatic carbocycles. The first-order chi connectivity index (χ1) is 8.63. The summed E-state index contributed by atoms with van der Waals surface area (Å²) >= 11 is 0. The van der Waals surface area contributed by atoms with Crippen LogP contribution in [-0.2, 0) is 4.79 Å². The van der Waals surface area contributed by atoms with Crippen molar-refractivity contribution in [2.75, 3.05) is 7.05 Å². The van der Waals surface area contributed by atoms with Gasteiger partial charge in [-0.15, -0.1) is 0 Å². The fraction of sp³-hybridized carbons (Fsp3) is 0.933. The van der Waals surface area contributed by atoms with E-state index < -0.39 is 5.97 Å². The van der Waals surface area contributed by atoms with Crippen molar-refractivity contribution in [3.05, 3.63) is 0 Å². The van der Waals surface area contributed by atoms with Crippen molar-refractivity contribution in [3.63, 3.8) is 0 Å². The molecule has 3 unspecified atom stereocenters. The number of nitrogens with zero attached hydrogens (tertiary/aromatic N) is 1. The largest absolute Gasteiger partial charge is 0.481 e. The highest BCUT2D eigenvalue weighted by Gasteiger charge is 2.39. The predicted octanol–water partition coefficient (Wildman–Crippen LogP) is 3.14. The molecule has 0 spiro atoms. The summed E-state index contributed by atoms with van der Waals surface area (Å²) in [6.07, 6.45) is 9.41. The molecule has 2 aliphatic carbocycles. The van der Waals surface area contributed by atoms with Crippen LogP contribution >= 0.6 is 0 Å². The lowest BCUT2D eigenvalue weighted by Gasteiger charge is -2.45. The van der Waals surface area contributed by atoms with Crippen molar-refractivity contribution in [1.82, 2.24) is 4.90 Å². The summed E-state index contributed by atoms with van der Waals surface area (Å²) in [5, 5.41) is 9.42. The second kappa shape index (κ2) is 6.05. The van der Waals surface area contributed by atoms with Gasteiger partial charge in [0.1, 0.15) is 0 Å². The Balaban J connectivity index is 2.01. The van der Waals surface area contributed by atoms with E-state index in [9.17, 15) is 9.90 Å². The summed E-state index contributed by atoms with van der Waals surface area (Å²) in [5.41, 5.74) is 0. The van der Waals surface area contributed by atoms with E-state index in [4.69, 9.17) is 0 Å². The molecular formula is C15H27NO2. The lowest BCUT2D eigenvalue weighted by molar-refractivity contribution is -0.147. The van der Waals surface area contributed by atoms with Gasteiger partial charge in [0.15, 0.2) is 0 Å². The Bertz CT molecular complexity index is 288. The Morgan fingerprint density at radius 1 is 1.28 bits per heavy atom. The zero-order chi connectivity index (χ0) is 13.1. The number of aliphatic carboxylic acids is 1. The molecule has 0 heterocycles. The molecule has 3 heteroatoms. The molecule has 3 atom stereocenters. The van der Waals surface area contributed by atoms with Crippen LogP contribution in [-0.4, -0.2) is 35.1 Å². The highest BCUT2D eigenvalue weighted by Crippen LogP contribution is 2.37. The van der Waals surface area contributed by atoms with Gasteiger partial charge >= 0.3 is 5.97 Å². The SMILES string of the molecule is CCCC1CCC(C(=O)O)C(N(C)C2CCC2)C1. The molecule has 104 valence electrons. The van der Waals surface area contributed by atoms with Gasteiger partial charge in [-0.05, 0) is 45.1 Å². The standard InChI is InChI=1S/C15H27NO2/c1-3-5-11-8-9-13(15(17)18)14(10-11)16(2)12-6-4-7-12/h11-14H,3-10H2,1-2H3,(H,17,18). The van der Waals surface area contributed by atoms with Crippen molar-refractivity contribution in [3.8, 4) is 0 Å². The van der Waals surface area contributed by atoms with Gasteiger partial charge in [0.05, 0.1) is 5.92 Å². The zero-order valence-electron chi connectivity index (χ0n) is 11.8. The third-order valence-electron chi connectivity index (χ3n) is 5.11. The lowest BCUT2D eigenvalue weighted by Crippen LogP contribution is -2.51. The third kappa shape index (κ3) is 2.87. The van der Waals surface area contributed by atoms with Crippen molar-refractivity contribution in [2.45, 2.75) is 70.4 Å². The van der Waals surface area contributed by atoms with E-state index in [2.05, 4.69) is 18.9 Å². The molecular weight excluding hydrogens is 226 g/mol. The molecule has 0 aliphatic heterocycles. The molecule has 0 aromatic heterocycles. The maximum Gasteiger partial charge on any atom is 0.308 e. The van der Waals surface area contributed by atoms with Gasteiger partial charge in [-0.1, -0.05) is 26.2 Å². The fourth-order valence-corrected chi connectivity index (χ4v) is 3.70. The minimum absolute atomic E-state index is 0.135. The first-order valence-corrected chi connectivity index (χ1v) is 7.58. The Hall–Kier alpha value is -0.570. The van der Waals surface area contributed by atoms with E-state index in [1.165, 1.54) is 32.1 Å². The molecule has 2 saturated carbocycles. The van der Waals surface area contributed by atoms with Crippen LogP contribution in [0, 0.1) is 11.8 Å². The number of hydrogen-bond donors (Lipinski definition) is 1. The minimum Gasteiger partial charge on any atom is -0.481 e. The van der Waals surface area contributed by atoms with Crippen LogP contribution < -0.4 is 0 Å². The van der Waals surface area contributed by atoms with Crippen molar-refractivity contribution in [1.29, 1.82) is 0 Å². The Kier molecular flexibility index (Phi) is 4.66. The highest BCUT2D eigenvalue weighted by molar-refractivity contribution is 5.71. The Morgan fingerprint density at radius 3 is 2.50 bits per heavy atom. The van der Waals surface area contributed by atoms with E-state index in [1.807, 2.05) is 0 Å². The summed E-state index contributed by atoms with van der Waals surface area (Å²) in [5.74, 6) is 0.0305. The normalized spacial score (nSPS) is 33.4. The zero-order valence-corrected chi connectivity index (χ0v) is 11.8. The molecule has 1 N–H and O–H groups in total. The number of carboxylic acid groups (broad SMARTS) is 1. The number of carbonyl (C=O) groups is 1. The van der Waals surface area contributed by atoms with Crippen LogP contribution in [0.25, 0.3) is 0 Å². The molecule has 18 heavy (non-hydrogen) atoms.